The van der Waals surface area contributed by atoms with Crippen molar-refractivity contribution in [3.05, 3.63) is 24.0 Å². The second-order valence-corrected chi connectivity index (χ2v) is 7.70. The van der Waals surface area contributed by atoms with Gasteiger partial charge in [-0.25, -0.2) is 9.18 Å². The smallest absolute Gasteiger partial charge is 0.478 e. The standard InChI is InChI=1S/C18H26BFO5/c1-7-8-18(6,15(21)22)23-14-10-12(9-13(20)11-14)19-24-16(2,3)17(4,5)25-19/h9-11H,7-8H2,1-6H3,(H,21,22). The Labute approximate surface area is 148 Å². The molecular weight excluding hydrogens is 326 g/mol. The van der Waals surface area contributed by atoms with Crippen LogP contribution >= 0.6 is 0 Å². The summed E-state index contributed by atoms with van der Waals surface area (Å²) in [5.41, 5.74) is -2.07. The van der Waals surface area contributed by atoms with Crippen molar-refractivity contribution in [3.63, 3.8) is 0 Å². The lowest BCUT2D eigenvalue weighted by molar-refractivity contribution is -0.154. The lowest BCUT2D eigenvalue weighted by atomic mass is 9.79. The second-order valence-electron chi connectivity index (χ2n) is 7.70. The van der Waals surface area contributed by atoms with Gasteiger partial charge >= 0.3 is 13.1 Å². The van der Waals surface area contributed by atoms with Gasteiger partial charge in [-0.15, -0.1) is 0 Å². The van der Waals surface area contributed by atoms with E-state index >= 15 is 0 Å². The molecule has 0 aliphatic carbocycles. The summed E-state index contributed by atoms with van der Waals surface area (Å²) in [4.78, 5) is 11.5. The van der Waals surface area contributed by atoms with Gasteiger partial charge in [0, 0.05) is 6.07 Å². The van der Waals surface area contributed by atoms with Crippen LogP contribution < -0.4 is 10.2 Å². The number of carbonyl (C=O) groups is 1. The van der Waals surface area contributed by atoms with Crippen LogP contribution in [-0.2, 0) is 14.1 Å². The molecule has 0 radical (unpaired) electrons. The topological polar surface area (TPSA) is 65.0 Å². The van der Waals surface area contributed by atoms with Crippen LogP contribution in [0.15, 0.2) is 18.2 Å². The summed E-state index contributed by atoms with van der Waals surface area (Å²) in [5, 5.41) is 9.44. The lowest BCUT2D eigenvalue weighted by Crippen LogP contribution is -2.42. The first-order chi connectivity index (χ1) is 11.4. The number of benzene rings is 1. The SMILES string of the molecule is CCCC(C)(Oc1cc(F)cc(B2OC(C)(C)C(C)(C)O2)c1)C(=O)O. The average Bonchev–Trinajstić information content (AvgIpc) is 2.67. The number of ether oxygens (including phenoxy) is 1. The molecule has 0 aromatic heterocycles. The van der Waals surface area contributed by atoms with Crippen molar-refractivity contribution in [1.29, 1.82) is 0 Å². The van der Waals surface area contributed by atoms with Gasteiger partial charge in [-0.3, -0.25) is 0 Å². The second kappa shape index (κ2) is 6.61. The van der Waals surface area contributed by atoms with Crippen LogP contribution in [0.3, 0.4) is 0 Å². The van der Waals surface area contributed by atoms with Crippen molar-refractivity contribution in [3.8, 4) is 5.75 Å². The van der Waals surface area contributed by atoms with Crippen molar-refractivity contribution in [2.75, 3.05) is 0 Å². The quantitative estimate of drug-likeness (QED) is 0.797. The third kappa shape index (κ3) is 3.98. The van der Waals surface area contributed by atoms with Gasteiger partial charge in [-0.1, -0.05) is 13.3 Å². The third-order valence-electron chi connectivity index (χ3n) is 4.94. The summed E-state index contributed by atoms with van der Waals surface area (Å²) >= 11 is 0. The van der Waals surface area contributed by atoms with E-state index in [9.17, 15) is 14.3 Å². The molecule has 5 nitrogen and oxygen atoms in total. The van der Waals surface area contributed by atoms with E-state index in [0.717, 1.165) is 0 Å². The van der Waals surface area contributed by atoms with Crippen LogP contribution in [0.2, 0.25) is 0 Å². The number of hydrogen-bond donors (Lipinski definition) is 1. The van der Waals surface area contributed by atoms with Crippen molar-refractivity contribution >= 4 is 18.6 Å². The van der Waals surface area contributed by atoms with Crippen molar-refractivity contribution < 1.29 is 28.3 Å². The molecule has 1 unspecified atom stereocenters. The molecule has 1 fully saturated rings. The first-order valence-corrected chi connectivity index (χ1v) is 8.49. The van der Waals surface area contributed by atoms with Gasteiger partial charge in [-0.2, -0.15) is 0 Å². The molecule has 2 rings (SSSR count). The fourth-order valence-corrected chi connectivity index (χ4v) is 2.70. The highest BCUT2D eigenvalue weighted by Crippen LogP contribution is 2.36. The molecule has 1 saturated heterocycles. The predicted octanol–water partition coefficient (Wildman–Crippen LogP) is 3.15. The maximum Gasteiger partial charge on any atom is 0.495 e. The van der Waals surface area contributed by atoms with E-state index in [1.54, 1.807) is 6.07 Å². The predicted molar refractivity (Wildman–Crippen MR) is 93.7 cm³/mol. The average molecular weight is 352 g/mol. The van der Waals surface area contributed by atoms with Gasteiger partial charge in [0.25, 0.3) is 0 Å². The molecule has 1 aliphatic heterocycles. The fraction of sp³-hybridized carbons (Fsp3) is 0.611. The molecule has 1 N–H and O–H groups in total. The summed E-state index contributed by atoms with van der Waals surface area (Å²) in [5.74, 6) is -1.48. The van der Waals surface area contributed by atoms with Crippen LogP contribution in [0.4, 0.5) is 4.39 Å². The van der Waals surface area contributed by atoms with Gasteiger partial charge in [0.2, 0.25) is 5.60 Å². The summed E-state index contributed by atoms with van der Waals surface area (Å²) in [6, 6.07) is 4.06. The zero-order valence-electron chi connectivity index (χ0n) is 15.7. The number of carboxylic acids is 1. The van der Waals surface area contributed by atoms with Crippen molar-refractivity contribution in [2.45, 2.75) is 71.2 Å². The number of halogens is 1. The molecule has 0 amide bonds. The highest BCUT2D eigenvalue weighted by Gasteiger charge is 2.52. The largest absolute Gasteiger partial charge is 0.495 e. The molecule has 1 heterocycles. The zero-order valence-corrected chi connectivity index (χ0v) is 15.7. The van der Waals surface area contributed by atoms with E-state index in [1.807, 2.05) is 34.6 Å². The normalized spacial score (nSPS) is 21.0. The molecule has 0 spiro atoms. The van der Waals surface area contributed by atoms with E-state index in [-0.39, 0.29) is 5.75 Å². The van der Waals surface area contributed by atoms with Gasteiger partial charge < -0.3 is 19.2 Å². The van der Waals surface area contributed by atoms with Crippen LogP contribution in [0.5, 0.6) is 5.75 Å². The molecule has 1 atom stereocenters. The van der Waals surface area contributed by atoms with Gasteiger partial charge in [0.15, 0.2) is 0 Å². The summed E-state index contributed by atoms with van der Waals surface area (Å²) in [7, 11) is -0.745. The molecule has 25 heavy (non-hydrogen) atoms. The minimum Gasteiger partial charge on any atom is -0.478 e. The maximum atomic E-state index is 14.1. The Balaban J connectivity index is 2.31. The lowest BCUT2D eigenvalue weighted by Gasteiger charge is -2.32. The molecule has 1 aromatic carbocycles. The molecule has 0 bridgehead atoms. The van der Waals surface area contributed by atoms with Crippen LogP contribution in [0.25, 0.3) is 0 Å². The summed E-state index contributed by atoms with van der Waals surface area (Å²) in [6.07, 6.45) is 0.937. The van der Waals surface area contributed by atoms with Crippen molar-refractivity contribution in [2.24, 2.45) is 0 Å². The monoisotopic (exact) mass is 352 g/mol. The Morgan fingerprint density at radius 3 is 2.28 bits per heavy atom. The van der Waals surface area contributed by atoms with Gasteiger partial charge in [-0.05, 0) is 58.6 Å². The molecule has 0 saturated carbocycles. The fourth-order valence-electron chi connectivity index (χ4n) is 2.70. The first kappa shape index (κ1) is 19.7. The van der Waals surface area contributed by atoms with E-state index in [2.05, 4.69) is 0 Å². The van der Waals surface area contributed by atoms with Crippen LogP contribution in [-0.4, -0.2) is 35.0 Å². The number of carboxylic acid groups (broad SMARTS) is 1. The maximum absolute atomic E-state index is 14.1. The Kier molecular flexibility index (Phi) is 5.22. The number of hydrogen-bond acceptors (Lipinski definition) is 4. The molecule has 1 aliphatic rings. The number of aliphatic carboxylic acids is 1. The minimum atomic E-state index is -1.42. The van der Waals surface area contributed by atoms with Crippen LogP contribution in [0, 0.1) is 5.82 Å². The van der Waals surface area contributed by atoms with E-state index in [4.69, 9.17) is 14.0 Å². The molecule has 1 aromatic rings. The summed E-state index contributed by atoms with van der Waals surface area (Å²) < 4.78 is 31.6. The Morgan fingerprint density at radius 1 is 1.24 bits per heavy atom. The minimum absolute atomic E-state index is 0.142. The van der Waals surface area contributed by atoms with Crippen LogP contribution in [0.1, 0.15) is 54.4 Å². The highest BCUT2D eigenvalue weighted by molar-refractivity contribution is 6.62. The summed E-state index contributed by atoms with van der Waals surface area (Å²) in [6.45, 7) is 11.0. The van der Waals surface area contributed by atoms with Crippen molar-refractivity contribution in [1.82, 2.24) is 0 Å². The van der Waals surface area contributed by atoms with Gasteiger partial charge in [0.05, 0.1) is 11.2 Å². The Hall–Kier alpha value is -1.60. The number of rotatable bonds is 6. The highest BCUT2D eigenvalue weighted by atomic mass is 19.1. The molecule has 7 heteroatoms. The Morgan fingerprint density at radius 2 is 1.80 bits per heavy atom. The zero-order chi connectivity index (χ0) is 19.0. The molecular formula is C18H26BFO5. The Bertz CT molecular complexity index is 645. The van der Waals surface area contributed by atoms with Gasteiger partial charge in [0.1, 0.15) is 11.6 Å². The third-order valence-corrected chi connectivity index (χ3v) is 4.94. The van der Waals surface area contributed by atoms with E-state index in [1.165, 1.54) is 19.1 Å². The van der Waals surface area contributed by atoms with E-state index in [0.29, 0.717) is 18.3 Å². The molecule has 138 valence electrons. The van der Waals surface area contributed by atoms with E-state index < -0.39 is 35.7 Å². The first-order valence-electron chi connectivity index (χ1n) is 8.49.